The van der Waals surface area contributed by atoms with Gasteiger partial charge in [-0.2, -0.15) is 13.2 Å². The number of nitrogens with one attached hydrogen (secondary N) is 1. The second-order valence-electron chi connectivity index (χ2n) is 5.14. The number of anilines is 1. The van der Waals surface area contributed by atoms with Gasteiger partial charge in [-0.05, 0) is 46.3 Å². The van der Waals surface area contributed by atoms with Gasteiger partial charge in [-0.15, -0.1) is 0 Å². The molecule has 3 rings (SSSR count). The molecule has 2 aromatic carbocycles. The lowest BCUT2D eigenvalue weighted by Gasteiger charge is -2.06. The smallest absolute Gasteiger partial charge is 0.431 e. The summed E-state index contributed by atoms with van der Waals surface area (Å²) in [5.41, 5.74) is -0.667. The van der Waals surface area contributed by atoms with Gasteiger partial charge in [0.2, 0.25) is 11.7 Å². The normalized spacial score (nSPS) is 11.4. The van der Waals surface area contributed by atoms with E-state index >= 15 is 0 Å². The van der Waals surface area contributed by atoms with Gasteiger partial charge in [-0.1, -0.05) is 18.2 Å². The van der Waals surface area contributed by atoms with Crippen LogP contribution in [0, 0.1) is 5.82 Å². The van der Waals surface area contributed by atoms with Crippen molar-refractivity contribution < 1.29 is 26.8 Å². The first-order valence-electron chi connectivity index (χ1n) is 7.15. The van der Waals surface area contributed by atoms with Gasteiger partial charge in [0.1, 0.15) is 5.82 Å². The lowest BCUT2D eigenvalue weighted by atomic mass is 10.2. The summed E-state index contributed by atoms with van der Waals surface area (Å²) in [6.07, 6.45) is -4.92. The summed E-state index contributed by atoms with van der Waals surface area (Å²) in [6.45, 7) is 0. The Kier molecular flexibility index (Phi) is 4.82. The summed E-state index contributed by atoms with van der Waals surface area (Å²) in [4.78, 5) is 15.9. The molecule has 1 aromatic heterocycles. The van der Waals surface area contributed by atoms with Crippen LogP contribution in [0.1, 0.15) is 16.2 Å². The number of hydrogen-bond donors (Lipinski definition) is 1. The number of hydrogen-bond acceptors (Lipinski definition) is 3. The molecular formula is C17H9BrF4N2O2. The molecule has 0 aliphatic heterocycles. The van der Waals surface area contributed by atoms with Gasteiger partial charge < -0.3 is 9.73 Å². The third kappa shape index (κ3) is 3.77. The summed E-state index contributed by atoms with van der Waals surface area (Å²) in [5.74, 6) is -3.70. The fourth-order valence-corrected chi connectivity index (χ4v) is 2.38. The molecule has 4 nitrogen and oxygen atoms in total. The van der Waals surface area contributed by atoms with Crippen molar-refractivity contribution in [3.63, 3.8) is 0 Å². The molecule has 0 saturated carbocycles. The van der Waals surface area contributed by atoms with Crippen LogP contribution in [-0.4, -0.2) is 10.9 Å². The molecule has 9 heteroatoms. The average Bonchev–Trinajstić information content (AvgIpc) is 3.05. The van der Waals surface area contributed by atoms with Crippen LogP contribution in [0.2, 0.25) is 0 Å². The quantitative estimate of drug-likeness (QED) is 0.559. The molecule has 0 spiro atoms. The van der Waals surface area contributed by atoms with E-state index in [2.05, 4.69) is 26.2 Å². The molecule has 134 valence electrons. The van der Waals surface area contributed by atoms with Crippen molar-refractivity contribution >= 4 is 27.5 Å². The highest BCUT2D eigenvalue weighted by Gasteiger charge is 2.42. The van der Waals surface area contributed by atoms with Crippen molar-refractivity contribution in [3.8, 4) is 11.5 Å². The van der Waals surface area contributed by atoms with Crippen molar-refractivity contribution in [3.05, 3.63) is 70.3 Å². The zero-order valence-corrected chi connectivity index (χ0v) is 14.4. The summed E-state index contributed by atoms with van der Waals surface area (Å²) in [7, 11) is 0. The molecule has 0 aliphatic carbocycles. The largest absolute Gasteiger partial charge is 0.452 e. The SMILES string of the molecule is O=C(Nc1ccc(Br)c(F)c1)c1nc(-c2ccccc2)oc1C(F)(F)F. The van der Waals surface area contributed by atoms with Crippen LogP contribution in [0.15, 0.2) is 57.4 Å². The molecule has 1 N–H and O–H groups in total. The molecule has 1 amide bonds. The van der Waals surface area contributed by atoms with Crippen LogP contribution >= 0.6 is 15.9 Å². The molecule has 0 radical (unpaired) electrons. The Morgan fingerprint density at radius 1 is 1.12 bits per heavy atom. The molecule has 0 aliphatic rings. The minimum Gasteiger partial charge on any atom is -0.431 e. The zero-order valence-electron chi connectivity index (χ0n) is 12.8. The molecular weight excluding hydrogens is 420 g/mol. The maximum Gasteiger partial charge on any atom is 0.452 e. The highest BCUT2D eigenvalue weighted by atomic mass is 79.9. The number of carbonyl (C=O) groups excluding carboxylic acids is 1. The Bertz CT molecular complexity index is 955. The first kappa shape index (κ1) is 18.1. The average molecular weight is 429 g/mol. The molecule has 0 unspecified atom stereocenters. The van der Waals surface area contributed by atoms with Gasteiger partial charge in [0.25, 0.3) is 5.91 Å². The van der Waals surface area contributed by atoms with Crippen molar-refractivity contribution in [2.45, 2.75) is 6.18 Å². The van der Waals surface area contributed by atoms with E-state index < -0.39 is 29.4 Å². The van der Waals surface area contributed by atoms with Crippen molar-refractivity contribution in [2.75, 3.05) is 5.32 Å². The minimum absolute atomic E-state index is 0.0203. The monoisotopic (exact) mass is 428 g/mol. The molecule has 0 saturated heterocycles. The molecule has 0 atom stereocenters. The number of carbonyl (C=O) groups is 1. The maximum atomic E-state index is 13.5. The third-order valence-corrected chi connectivity index (χ3v) is 3.94. The van der Waals surface area contributed by atoms with Crippen LogP contribution in [0.25, 0.3) is 11.5 Å². The number of nitrogens with zero attached hydrogens (tertiary/aromatic N) is 1. The van der Waals surface area contributed by atoms with Crippen LogP contribution in [0.5, 0.6) is 0 Å². The van der Waals surface area contributed by atoms with Gasteiger partial charge in [-0.25, -0.2) is 9.37 Å². The molecule has 0 bridgehead atoms. The Balaban J connectivity index is 1.98. The van der Waals surface area contributed by atoms with Gasteiger partial charge in [0.05, 0.1) is 4.47 Å². The maximum absolute atomic E-state index is 13.5. The Morgan fingerprint density at radius 2 is 1.81 bits per heavy atom. The Hall–Kier alpha value is -2.68. The number of amides is 1. The minimum atomic E-state index is -4.92. The highest BCUT2D eigenvalue weighted by molar-refractivity contribution is 9.10. The van der Waals surface area contributed by atoms with Crippen LogP contribution in [0.4, 0.5) is 23.2 Å². The topological polar surface area (TPSA) is 55.1 Å². The van der Waals surface area contributed by atoms with E-state index in [4.69, 9.17) is 4.42 Å². The van der Waals surface area contributed by atoms with Crippen molar-refractivity contribution in [2.24, 2.45) is 0 Å². The Labute approximate surface area is 153 Å². The van der Waals surface area contributed by atoms with E-state index in [1.807, 2.05) is 0 Å². The van der Waals surface area contributed by atoms with E-state index in [-0.39, 0.29) is 21.6 Å². The Morgan fingerprint density at radius 3 is 2.42 bits per heavy atom. The summed E-state index contributed by atoms with van der Waals surface area (Å²) < 4.78 is 58.1. The first-order chi connectivity index (χ1) is 12.3. The molecule has 3 aromatic rings. The number of aromatic nitrogens is 1. The fraction of sp³-hybridized carbons (Fsp3) is 0.0588. The number of oxazole rings is 1. The van der Waals surface area contributed by atoms with Crippen LogP contribution < -0.4 is 5.32 Å². The van der Waals surface area contributed by atoms with Gasteiger partial charge in [0, 0.05) is 11.3 Å². The fourth-order valence-electron chi connectivity index (χ4n) is 2.13. The summed E-state index contributed by atoms with van der Waals surface area (Å²) >= 11 is 2.94. The van der Waals surface area contributed by atoms with Gasteiger partial charge in [0.15, 0.2) is 5.69 Å². The molecule has 26 heavy (non-hydrogen) atoms. The standard InChI is InChI=1S/C17H9BrF4N2O2/c18-11-7-6-10(8-12(11)19)23-15(25)13-14(17(20,21)22)26-16(24-13)9-4-2-1-3-5-9/h1-8H,(H,23,25). The second-order valence-corrected chi connectivity index (χ2v) is 6.00. The van der Waals surface area contributed by atoms with Crippen molar-refractivity contribution in [1.82, 2.24) is 4.98 Å². The number of rotatable bonds is 3. The summed E-state index contributed by atoms with van der Waals surface area (Å²) in [6, 6.07) is 11.5. The van der Waals surface area contributed by atoms with E-state index in [9.17, 15) is 22.4 Å². The summed E-state index contributed by atoms with van der Waals surface area (Å²) in [5, 5.41) is 2.18. The van der Waals surface area contributed by atoms with Crippen molar-refractivity contribution in [1.29, 1.82) is 0 Å². The van der Waals surface area contributed by atoms with E-state index in [0.717, 1.165) is 6.07 Å². The molecule has 1 heterocycles. The first-order valence-corrected chi connectivity index (χ1v) is 7.95. The lowest BCUT2D eigenvalue weighted by Crippen LogP contribution is -2.18. The van der Waals surface area contributed by atoms with Gasteiger partial charge >= 0.3 is 6.18 Å². The second kappa shape index (κ2) is 6.91. The molecule has 0 fully saturated rings. The van der Waals surface area contributed by atoms with Gasteiger partial charge in [-0.3, -0.25) is 4.79 Å². The van der Waals surface area contributed by atoms with Crippen LogP contribution in [0.3, 0.4) is 0 Å². The number of alkyl halides is 3. The van der Waals surface area contributed by atoms with E-state index in [1.165, 1.54) is 24.3 Å². The zero-order chi connectivity index (χ0) is 18.9. The highest BCUT2D eigenvalue weighted by Crippen LogP contribution is 2.35. The predicted molar refractivity (Wildman–Crippen MR) is 89.0 cm³/mol. The number of benzene rings is 2. The lowest BCUT2D eigenvalue weighted by molar-refractivity contribution is -0.153. The van der Waals surface area contributed by atoms with E-state index in [1.54, 1.807) is 18.2 Å². The van der Waals surface area contributed by atoms with Crippen LogP contribution in [-0.2, 0) is 6.18 Å². The predicted octanol–water partition coefficient (Wildman–Crippen LogP) is 5.51. The van der Waals surface area contributed by atoms with E-state index in [0.29, 0.717) is 0 Å². The third-order valence-electron chi connectivity index (χ3n) is 3.30. The number of halogens is 5.